The van der Waals surface area contributed by atoms with Gasteiger partial charge in [-0.1, -0.05) is 26.0 Å². The molecule has 2 rings (SSSR count). The molecule has 6 heteroatoms. The zero-order valence-corrected chi connectivity index (χ0v) is 12.8. The number of rotatable bonds is 6. The third-order valence-corrected chi connectivity index (χ3v) is 2.99. The number of alkyl halides is 2. The summed E-state index contributed by atoms with van der Waals surface area (Å²) in [4.78, 5) is 8.83. The first-order valence-electron chi connectivity index (χ1n) is 7.07. The van der Waals surface area contributed by atoms with Crippen molar-refractivity contribution in [3.8, 4) is 5.75 Å². The number of benzene rings is 1. The van der Waals surface area contributed by atoms with Gasteiger partial charge in [0.05, 0.1) is 0 Å². The molecule has 22 heavy (non-hydrogen) atoms. The van der Waals surface area contributed by atoms with E-state index in [4.69, 9.17) is 0 Å². The van der Waals surface area contributed by atoms with E-state index in [1.54, 1.807) is 12.1 Å². The Labute approximate surface area is 128 Å². The van der Waals surface area contributed by atoms with Crippen molar-refractivity contribution in [2.75, 3.05) is 5.32 Å². The first-order chi connectivity index (χ1) is 10.4. The van der Waals surface area contributed by atoms with Crippen LogP contribution in [0.4, 0.5) is 14.6 Å². The van der Waals surface area contributed by atoms with Gasteiger partial charge in [0.15, 0.2) is 0 Å². The second-order valence-electron chi connectivity index (χ2n) is 5.29. The van der Waals surface area contributed by atoms with Crippen LogP contribution in [0.3, 0.4) is 0 Å². The molecule has 0 spiro atoms. The molecule has 0 unspecified atom stereocenters. The molecule has 1 heterocycles. The normalized spacial score (nSPS) is 11.0. The Hall–Kier alpha value is -2.24. The topological polar surface area (TPSA) is 47.0 Å². The smallest absolute Gasteiger partial charge is 0.387 e. The molecule has 1 N–H and O–H groups in total. The van der Waals surface area contributed by atoms with E-state index in [9.17, 15) is 8.78 Å². The van der Waals surface area contributed by atoms with Gasteiger partial charge in [0, 0.05) is 24.2 Å². The van der Waals surface area contributed by atoms with Gasteiger partial charge in [0.2, 0.25) is 0 Å². The summed E-state index contributed by atoms with van der Waals surface area (Å²) in [5.41, 5.74) is 1.72. The lowest BCUT2D eigenvalue weighted by Crippen LogP contribution is -2.07. The fourth-order valence-corrected chi connectivity index (χ4v) is 1.96. The zero-order chi connectivity index (χ0) is 16.1. The maximum atomic E-state index is 12.2. The summed E-state index contributed by atoms with van der Waals surface area (Å²) in [5, 5.41) is 3.18. The molecule has 0 aliphatic heterocycles. The molecule has 0 saturated carbocycles. The Morgan fingerprint density at radius 3 is 2.64 bits per heavy atom. The van der Waals surface area contributed by atoms with Gasteiger partial charge in [-0.2, -0.15) is 8.78 Å². The number of anilines is 1. The lowest BCUT2D eigenvalue weighted by molar-refractivity contribution is -0.0498. The molecule has 0 saturated heterocycles. The first kappa shape index (κ1) is 16.1. The number of nitrogens with one attached hydrogen (secondary N) is 1. The standard InChI is InChI=1S/C16H19F2N3O/c1-10(2)15-20-11(3)7-14(21-15)19-9-12-5-4-6-13(8-12)22-16(17)18/h4-8,10,16H,9H2,1-3H3,(H,19,20,21). The Bertz CT molecular complexity index is 633. The summed E-state index contributed by atoms with van der Waals surface area (Å²) < 4.78 is 28.8. The number of aromatic nitrogens is 2. The van der Waals surface area contributed by atoms with Crippen LogP contribution >= 0.6 is 0 Å². The van der Waals surface area contributed by atoms with Crippen LogP contribution in [-0.2, 0) is 6.54 Å². The van der Waals surface area contributed by atoms with Gasteiger partial charge in [-0.05, 0) is 24.6 Å². The molecule has 0 radical (unpaired) electrons. The lowest BCUT2D eigenvalue weighted by Gasteiger charge is -2.11. The van der Waals surface area contributed by atoms with Gasteiger partial charge < -0.3 is 10.1 Å². The van der Waals surface area contributed by atoms with Crippen molar-refractivity contribution in [1.82, 2.24) is 9.97 Å². The van der Waals surface area contributed by atoms with E-state index < -0.39 is 6.61 Å². The molecule has 4 nitrogen and oxygen atoms in total. The summed E-state index contributed by atoms with van der Waals surface area (Å²) in [5.74, 6) is 1.88. The lowest BCUT2D eigenvalue weighted by atomic mass is 10.2. The summed E-state index contributed by atoms with van der Waals surface area (Å²) in [6.45, 7) is 3.62. The highest BCUT2D eigenvalue weighted by Gasteiger charge is 2.07. The van der Waals surface area contributed by atoms with E-state index in [2.05, 4.69) is 20.0 Å². The molecule has 0 atom stereocenters. The number of aryl methyl sites for hydroxylation is 1. The van der Waals surface area contributed by atoms with Crippen molar-refractivity contribution < 1.29 is 13.5 Å². The highest BCUT2D eigenvalue weighted by molar-refractivity contribution is 5.38. The number of hydrogen-bond acceptors (Lipinski definition) is 4. The molecule has 0 fully saturated rings. The average Bonchev–Trinajstić information content (AvgIpc) is 2.44. The van der Waals surface area contributed by atoms with Crippen molar-refractivity contribution in [1.29, 1.82) is 0 Å². The molecule has 1 aromatic heterocycles. The van der Waals surface area contributed by atoms with Gasteiger partial charge in [-0.25, -0.2) is 9.97 Å². The third kappa shape index (κ3) is 4.65. The van der Waals surface area contributed by atoms with Crippen molar-refractivity contribution >= 4 is 5.82 Å². The molecular formula is C16H19F2N3O. The predicted molar refractivity (Wildman–Crippen MR) is 81.3 cm³/mol. The molecule has 0 aliphatic rings. The van der Waals surface area contributed by atoms with Crippen LogP contribution < -0.4 is 10.1 Å². The molecule has 1 aromatic carbocycles. The fourth-order valence-electron chi connectivity index (χ4n) is 1.96. The SMILES string of the molecule is Cc1cc(NCc2cccc(OC(F)F)c2)nc(C(C)C)n1. The molecule has 118 valence electrons. The minimum atomic E-state index is -2.82. The van der Waals surface area contributed by atoms with Gasteiger partial charge in [-0.15, -0.1) is 0 Å². The second kappa shape index (κ2) is 7.15. The molecule has 0 bridgehead atoms. The summed E-state index contributed by atoms with van der Waals surface area (Å²) in [6.07, 6.45) is 0. The first-order valence-corrected chi connectivity index (χ1v) is 7.07. The fraction of sp³-hybridized carbons (Fsp3) is 0.375. The highest BCUT2D eigenvalue weighted by atomic mass is 19.3. The molecular weight excluding hydrogens is 288 g/mol. The second-order valence-corrected chi connectivity index (χ2v) is 5.29. The van der Waals surface area contributed by atoms with Crippen LogP contribution in [0.1, 0.15) is 36.8 Å². The molecule has 0 aliphatic carbocycles. The quantitative estimate of drug-likeness (QED) is 0.872. The van der Waals surface area contributed by atoms with E-state index in [1.165, 1.54) is 6.07 Å². The molecule has 0 amide bonds. The zero-order valence-electron chi connectivity index (χ0n) is 12.8. The minimum Gasteiger partial charge on any atom is -0.435 e. The Morgan fingerprint density at radius 2 is 1.95 bits per heavy atom. The number of nitrogens with zero attached hydrogens (tertiary/aromatic N) is 2. The van der Waals surface area contributed by atoms with Crippen LogP contribution in [0, 0.1) is 6.92 Å². The Balaban J connectivity index is 2.07. The third-order valence-electron chi connectivity index (χ3n) is 2.99. The van der Waals surface area contributed by atoms with Crippen molar-refractivity contribution in [3.63, 3.8) is 0 Å². The Kier molecular flexibility index (Phi) is 5.25. The number of halogens is 2. The van der Waals surface area contributed by atoms with E-state index in [1.807, 2.05) is 32.9 Å². The van der Waals surface area contributed by atoms with Crippen LogP contribution in [0.25, 0.3) is 0 Å². The largest absolute Gasteiger partial charge is 0.435 e. The maximum Gasteiger partial charge on any atom is 0.387 e. The number of hydrogen-bond donors (Lipinski definition) is 1. The van der Waals surface area contributed by atoms with Crippen molar-refractivity contribution in [3.05, 3.63) is 47.4 Å². The van der Waals surface area contributed by atoms with Crippen LogP contribution in [-0.4, -0.2) is 16.6 Å². The molecule has 2 aromatic rings. The van der Waals surface area contributed by atoms with E-state index in [0.29, 0.717) is 6.54 Å². The van der Waals surface area contributed by atoms with E-state index in [0.717, 1.165) is 22.9 Å². The Morgan fingerprint density at radius 1 is 1.18 bits per heavy atom. The summed E-state index contributed by atoms with van der Waals surface area (Å²) in [7, 11) is 0. The summed E-state index contributed by atoms with van der Waals surface area (Å²) >= 11 is 0. The predicted octanol–water partition coefficient (Wildman–Crippen LogP) is 4.12. The van der Waals surface area contributed by atoms with Gasteiger partial charge >= 0.3 is 6.61 Å². The van der Waals surface area contributed by atoms with E-state index in [-0.39, 0.29) is 11.7 Å². The van der Waals surface area contributed by atoms with Crippen molar-refractivity contribution in [2.45, 2.75) is 39.8 Å². The van der Waals surface area contributed by atoms with E-state index >= 15 is 0 Å². The van der Waals surface area contributed by atoms with Gasteiger partial charge in [-0.3, -0.25) is 0 Å². The van der Waals surface area contributed by atoms with Gasteiger partial charge in [0.25, 0.3) is 0 Å². The van der Waals surface area contributed by atoms with Crippen LogP contribution in [0.5, 0.6) is 5.75 Å². The number of ether oxygens (including phenoxy) is 1. The monoisotopic (exact) mass is 307 g/mol. The summed E-state index contributed by atoms with van der Waals surface area (Å²) in [6, 6.07) is 8.45. The van der Waals surface area contributed by atoms with Crippen LogP contribution in [0.2, 0.25) is 0 Å². The van der Waals surface area contributed by atoms with Crippen molar-refractivity contribution in [2.24, 2.45) is 0 Å². The van der Waals surface area contributed by atoms with Gasteiger partial charge in [0.1, 0.15) is 17.4 Å². The minimum absolute atomic E-state index is 0.149. The maximum absolute atomic E-state index is 12.2. The van der Waals surface area contributed by atoms with Crippen LogP contribution in [0.15, 0.2) is 30.3 Å². The average molecular weight is 307 g/mol. The highest BCUT2D eigenvalue weighted by Crippen LogP contribution is 2.18.